The highest BCUT2D eigenvalue weighted by Gasteiger charge is 2.37. The van der Waals surface area contributed by atoms with E-state index < -0.39 is 9.84 Å². The van der Waals surface area contributed by atoms with Gasteiger partial charge in [-0.3, -0.25) is 4.79 Å². The Morgan fingerprint density at radius 1 is 1.26 bits per heavy atom. The fraction of sp³-hybridized carbons (Fsp3) is 0.929. The van der Waals surface area contributed by atoms with Gasteiger partial charge in [0, 0.05) is 18.2 Å². The molecule has 0 aromatic carbocycles. The molecule has 110 valence electrons. The van der Waals surface area contributed by atoms with Gasteiger partial charge in [0.1, 0.15) is 15.6 Å². The Kier molecular flexibility index (Phi) is 5.01. The van der Waals surface area contributed by atoms with Crippen molar-refractivity contribution in [1.82, 2.24) is 5.32 Å². The highest BCUT2D eigenvalue weighted by molar-refractivity contribution is 7.91. The number of rotatable bonds is 6. The van der Waals surface area contributed by atoms with Crippen LogP contribution in [0, 0.1) is 5.92 Å². The maximum Gasteiger partial charge on any atom is 0.150 e. The predicted octanol–water partition coefficient (Wildman–Crippen LogP) is 1.69. The molecule has 2 fully saturated rings. The first-order valence-corrected chi connectivity index (χ1v) is 9.33. The lowest BCUT2D eigenvalue weighted by atomic mass is 9.84. The van der Waals surface area contributed by atoms with E-state index in [1.165, 1.54) is 25.7 Å². The summed E-state index contributed by atoms with van der Waals surface area (Å²) in [5.74, 6) is 1.20. The van der Waals surface area contributed by atoms with Crippen LogP contribution in [0.5, 0.6) is 0 Å². The van der Waals surface area contributed by atoms with E-state index in [-0.39, 0.29) is 23.3 Å². The van der Waals surface area contributed by atoms with Crippen LogP contribution >= 0.6 is 0 Å². The first kappa shape index (κ1) is 15.0. The average Bonchev–Trinajstić information content (AvgIpc) is 2.82. The van der Waals surface area contributed by atoms with Crippen LogP contribution < -0.4 is 5.32 Å². The summed E-state index contributed by atoms with van der Waals surface area (Å²) in [5, 5.41) is 3.46. The Bertz CT molecular complexity index is 404. The zero-order chi connectivity index (χ0) is 13.9. The van der Waals surface area contributed by atoms with Crippen molar-refractivity contribution in [3.63, 3.8) is 0 Å². The molecule has 2 aliphatic rings. The van der Waals surface area contributed by atoms with Gasteiger partial charge in [-0.1, -0.05) is 19.8 Å². The maximum atomic E-state index is 12.1. The largest absolute Gasteiger partial charge is 0.304 e. The number of ketones is 1. The zero-order valence-electron chi connectivity index (χ0n) is 11.7. The SMILES string of the molecule is CCS(=O)(=O)CCCC(=O)C1CC2CCCCC2N1. The summed E-state index contributed by atoms with van der Waals surface area (Å²) in [7, 11) is -2.93. The number of hydrogen-bond donors (Lipinski definition) is 1. The van der Waals surface area contributed by atoms with E-state index in [1.54, 1.807) is 6.92 Å². The molecule has 1 heterocycles. The fourth-order valence-electron chi connectivity index (χ4n) is 3.35. The number of carbonyl (C=O) groups is 1. The minimum atomic E-state index is -2.93. The van der Waals surface area contributed by atoms with E-state index in [9.17, 15) is 13.2 Å². The standard InChI is InChI=1S/C14H25NO3S/c1-2-19(17,18)9-5-8-14(16)13-10-11-6-3-4-7-12(11)15-13/h11-13,15H,2-10H2,1H3. The lowest BCUT2D eigenvalue weighted by molar-refractivity contribution is -0.120. The van der Waals surface area contributed by atoms with E-state index >= 15 is 0 Å². The zero-order valence-corrected chi connectivity index (χ0v) is 12.5. The van der Waals surface area contributed by atoms with Gasteiger partial charge in [-0.25, -0.2) is 8.42 Å². The van der Waals surface area contributed by atoms with Crippen LogP contribution in [0.2, 0.25) is 0 Å². The summed E-state index contributed by atoms with van der Waals surface area (Å²) in [6.45, 7) is 1.65. The van der Waals surface area contributed by atoms with Gasteiger partial charge < -0.3 is 5.32 Å². The summed E-state index contributed by atoms with van der Waals surface area (Å²) >= 11 is 0. The van der Waals surface area contributed by atoms with Crippen LogP contribution in [0.25, 0.3) is 0 Å². The highest BCUT2D eigenvalue weighted by Crippen LogP contribution is 2.33. The van der Waals surface area contributed by atoms with Crippen molar-refractivity contribution in [3.8, 4) is 0 Å². The van der Waals surface area contributed by atoms with E-state index in [2.05, 4.69) is 5.32 Å². The number of sulfone groups is 1. The number of nitrogens with one attached hydrogen (secondary N) is 1. The van der Waals surface area contributed by atoms with E-state index in [0.717, 1.165) is 6.42 Å². The number of hydrogen-bond acceptors (Lipinski definition) is 4. The molecule has 0 spiro atoms. The van der Waals surface area contributed by atoms with Gasteiger partial charge in [-0.15, -0.1) is 0 Å². The van der Waals surface area contributed by atoms with Crippen molar-refractivity contribution < 1.29 is 13.2 Å². The Labute approximate surface area is 116 Å². The molecular formula is C14H25NO3S. The summed E-state index contributed by atoms with van der Waals surface area (Å²) in [4.78, 5) is 12.1. The maximum absolute atomic E-state index is 12.1. The Balaban J connectivity index is 1.75. The third kappa shape index (κ3) is 4.02. The van der Waals surface area contributed by atoms with Crippen molar-refractivity contribution in [3.05, 3.63) is 0 Å². The minimum absolute atomic E-state index is 0.0163. The molecule has 0 amide bonds. The molecular weight excluding hydrogens is 262 g/mol. The molecule has 1 N–H and O–H groups in total. The van der Waals surface area contributed by atoms with E-state index in [1.807, 2.05) is 0 Å². The monoisotopic (exact) mass is 287 g/mol. The van der Waals surface area contributed by atoms with Gasteiger partial charge in [0.05, 0.1) is 11.8 Å². The summed E-state index contributed by atoms with van der Waals surface area (Å²) in [5.41, 5.74) is 0. The Morgan fingerprint density at radius 2 is 2.00 bits per heavy atom. The third-order valence-electron chi connectivity index (χ3n) is 4.57. The molecule has 3 atom stereocenters. The highest BCUT2D eigenvalue weighted by atomic mass is 32.2. The topological polar surface area (TPSA) is 63.2 Å². The molecule has 1 aliphatic carbocycles. The van der Waals surface area contributed by atoms with Crippen molar-refractivity contribution in [2.24, 2.45) is 5.92 Å². The fourth-order valence-corrected chi connectivity index (χ4v) is 4.22. The molecule has 0 bridgehead atoms. The van der Waals surface area contributed by atoms with Gasteiger partial charge >= 0.3 is 0 Å². The van der Waals surface area contributed by atoms with Gasteiger partial charge in [0.2, 0.25) is 0 Å². The summed E-state index contributed by atoms with van der Waals surface area (Å²) in [6.07, 6.45) is 6.83. The Hall–Kier alpha value is -0.420. The van der Waals surface area contributed by atoms with E-state index in [4.69, 9.17) is 0 Å². The normalized spacial score (nSPS) is 31.1. The second-order valence-corrected chi connectivity index (χ2v) is 8.38. The summed E-state index contributed by atoms with van der Waals surface area (Å²) in [6, 6.07) is 0.513. The second kappa shape index (κ2) is 6.35. The lowest BCUT2D eigenvalue weighted by Gasteiger charge is -2.24. The van der Waals surface area contributed by atoms with Crippen LogP contribution in [-0.4, -0.2) is 37.8 Å². The van der Waals surface area contributed by atoms with Crippen LogP contribution in [0.4, 0.5) is 0 Å². The number of carbonyl (C=O) groups excluding carboxylic acids is 1. The van der Waals surface area contributed by atoms with E-state index in [0.29, 0.717) is 24.8 Å². The van der Waals surface area contributed by atoms with Crippen LogP contribution in [0.3, 0.4) is 0 Å². The molecule has 1 saturated heterocycles. The molecule has 1 saturated carbocycles. The molecule has 0 radical (unpaired) electrons. The number of Topliss-reactive ketones (excluding diaryl/α,β-unsaturated/α-hetero) is 1. The minimum Gasteiger partial charge on any atom is -0.304 e. The lowest BCUT2D eigenvalue weighted by Crippen LogP contribution is -2.37. The van der Waals surface area contributed by atoms with Gasteiger partial charge in [-0.2, -0.15) is 0 Å². The molecule has 3 unspecified atom stereocenters. The molecule has 2 rings (SSSR count). The Morgan fingerprint density at radius 3 is 2.68 bits per heavy atom. The average molecular weight is 287 g/mol. The molecule has 0 aromatic heterocycles. The van der Waals surface area contributed by atoms with Gasteiger partial charge in [-0.05, 0) is 31.6 Å². The first-order chi connectivity index (χ1) is 9.02. The molecule has 0 aromatic rings. The number of fused-ring (bicyclic) bond motifs is 1. The molecule has 19 heavy (non-hydrogen) atoms. The van der Waals surface area contributed by atoms with Crippen molar-refractivity contribution >= 4 is 15.6 Å². The smallest absolute Gasteiger partial charge is 0.150 e. The van der Waals surface area contributed by atoms with Crippen molar-refractivity contribution in [2.45, 2.75) is 64.0 Å². The summed E-state index contributed by atoms with van der Waals surface area (Å²) < 4.78 is 22.8. The molecule has 5 heteroatoms. The van der Waals surface area contributed by atoms with Crippen LogP contribution in [-0.2, 0) is 14.6 Å². The van der Waals surface area contributed by atoms with Crippen molar-refractivity contribution in [2.75, 3.05) is 11.5 Å². The quantitative estimate of drug-likeness (QED) is 0.807. The third-order valence-corrected chi connectivity index (χ3v) is 6.36. The molecule has 4 nitrogen and oxygen atoms in total. The van der Waals surface area contributed by atoms with Gasteiger partial charge in [0.25, 0.3) is 0 Å². The van der Waals surface area contributed by atoms with Crippen molar-refractivity contribution in [1.29, 1.82) is 0 Å². The van der Waals surface area contributed by atoms with Crippen LogP contribution in [0.1, 0.15) is 51.9 Å². The van der Waals surface area contributed by atoms with Crippen LogP contribution in [0.15, 0.2) is 0 Å². The first-order valence-electron chi connectivity index (χ1n) is 7.51. The molecule has 1 aliphatic heterocycles. The predicted molar refractivity (Wildman–Crippen MR) is 75.9 cm³/mol. The second-order valence-electron chi connectivity index (χ2n) is 5.91. The van der Waals surface area contributed by atoms with Gasteiger partial charge in [0.15, 0.2) is 0 Å².